The highest BCUT2D eigenvalue weighted by Gasteiger charge is 2.13. The van der Waals surface area contributed by atoms with E-state index in [1.54, 1.807) is 17.7 Å². The van der Waals surface area contributed by atoms with Crippen LogP contribution in [0.2, 0.25) is 0 Å². The van der Waals surface area contributed by atoms with Gasteiger partial charge in [-0.2, -0.15) is 4.98 Å². The summed E-state index contributed by atoms with van der Waals surface area (Å²) >= 11 is 0. The molecule has 0 spiro atoms. The van der Waals surface area contributed by atoms with Crippen molar-refractivity contribution in [1.29, 1.82) is 0 Å². The fraction of sp³-hybridized carbons (Fsp3) is 0.158. The molecule has 0 aliphatic carbocycles. The summed E-state index contributed by atoms with van der Waals surface area (Å²) < 4.78 is 12.1. The molecule has 11 nitrogen and oxygen atoms in total. The number of anilines is 2. The number of fused-ring (bicyclic) bond motifs is 1. The van der Waals surface area contributed by atoms with Gasteiger partial charge in [-0.05, 0) is 30.3 Å². The van der Waals surface area contributed by atoms with Gasteiger partial charge in [0.2, 0.25) is 11.9 Å². The monoisotopic (exact) mass is 407 g/mol. The number of imidazole rings is 1. The Labute approximate surface area is 170 Å². The quantitative estimate of drug-likeness (QED) is 0.266. The predicted octanol–water partition coefficient (Wildman–Crippen LogP) is 2.89. The molecule has 152 valence electrons. The van der Waals surface area contributed by atoms with Crippen LogP contribution in [0.1, 0.15) is 0 Å². The molecule has 11 heteroatoms. The second-order valence-electron chi connectivity index (χ2n) is 6.14. The van der Waals surface area contributed by atoms with Crippen LogP contribution in [0.3, 0.4) is 0 Å². The molecule has 1 N–H and O–H groups in total. The molecule has 0 unspecified atom stereocenters. The Morgan fingerprint density at radius 3 is 2.70 bits per heavy atom. The normalized spacial score (nSPS) is 10.8. The van der Waals surface area contributed by atoms with Crippen molar-refractivity contribution >= 4 is 28.4 Å². The summed E-state index contributed by atoms with van der Waals surface area (Å²) in [5.74, 6) is 1.33. The Hall–Kier alpha value is -4.12. The first-order valence-corrected chi connectivity index (χ1v) is 8.94. The molecular weight excluding hydrogens is 390 g/mol. The SMILES string of the molecule is COCCOc1ccc(Nc2ncnc(-n3cnc4ccc([N+](=O)[O-])cc43)n2)cc1. The summed E-state index contributed by atoms with van der Waals surface area (Å²) in [5.41, 5.74) is 1.85. The van der Waals surface area contributed by atoms with Gasteiger partial charge in [0.15, 0.2) is 0 Å². The van der Waals surface area contributed by atoms with Crippen molar-refractivity contribution in [3.63, 3.8) is 0 Å². The van der Waals surface area contributed by atoms with E-state index in [0.717, 1.165) is 11.4 Å². The molecule has 0 atom stereocenters. The molecule has 0 saturated carbocycles. The van der Waals surface area contributed by atoms with E-state index >= 15 is 0 Å². The van der Waals surface area contributed by atoms with E-state index in [1.807, 2.05) is 24.3 Å². The van der Waals surface area contributed by atoms with Crippen LogP contribution in [0.15, 0.2) is 55.1 Å². The molecule has 0 fully saturated rings. The van der Waals surface area contributed by atoms with Crippen molar-refractivity contribution in [2.75, 3.05) is 25.6 Å². The standard InChI is InChI=1S/C19H17N7O4/c1-29-8-9-30-15-5-2-13(3-6-15)23-18-20-11-21-19(24-18)25-12-22-16-7-4-14(26(27)28)10-17(16)25/h2-7,10-12H,8-9H2,1H3,(H,20,21,23,24). The van der Waals surface area contributed by atoms with Crippen LogP contribution in [-0.2, 0) is 4.74 Å². The number of nitrogens with one attached hydrogen (secondary N) is 1. The number of methoxy groups -OCH3 is 1. The highest BCUT2D eigenvalue weighted by atomic mass is 16.6. The first-order valence-electron chi connectivity index (χ1n) is 8.94. The third-order valence-corrected chi connectivity index (χ3v) is 4.18. The van der Waals surface area contributed by atoms with Gasteiger partial charge < -0.3 is 14.8 Å². The highest BCUT2D eigenvalue weighted by Crippen LogP contribution is 2.22. The minimum Gasteiger partial charge on any atom is -0.491 e. The van der Waals surface area contributed by atoms with Crippen LogP contribution in [0.4, 0.5) is 17.3 Å². The van der Waals surface area contributed by atoms with Gasteiger partial charge in [-0.3, -0.25) is 14.7 Å². The molecular formula is C19H17N7O4. The topological polar surface area (TPSA) is 130 Å². The lowest BCUT2D eigenvalue weighted by Gasteiger charge is -2.08. The molecule has 2 heterocycles. The maximum absolute atomic E-state index is 11.1. The molecule has 4 rings (SSSR count). The van der Waals surface area contributed by atoms with Crippen LogP contribution in [0.5, 0.6) is 5.75 Å². The van der Waals surface area contributed by atoms with E-state index < -0.39 is 4.92 Å². The summed E-state index contributed by atoms with van der Waals surface area (Å²) in [4.78, 5) is 27.6. The second-order valence-corrected chi connectivity index (χ2v) is 6.14. The molecule has 2 aromatic carbocycles. The largest absolute Gasteiger partial charge is 0.491 e. The number of ether oxygens (including phenoxy) is 2. The zero-order valence-corrected chi connectivity index (χ0v) is 15.9. The van der Waals surface area contributed by atoms with Crippen LogP contribution in [0.25, 0.3) is 17.0 Å². The van der Waals surface area contributed by atoms with Gasteiger partial charge in [0.1, 0.15) is 25.0 Å². The van der Waals surface area contributed by atoms with Gasteiger partial charge in [-0.25, -0.2) is 15.0 Å². The number of non-ortho nitro benzene ring substituents is 1. The molecule has 2 aromatic heterocycles. The van der Waals surface area contributed by atoms with Gasteiger partial charge >= 0.3 is 0 Å². The van der Waals surface area contributed by atoms with Crippen molar-refractivity contribution in [1.82, 2.24) is 24.5 Å². The Kier molecular flexibility index (Phi) is 5.44. The lowest BCUT2D eigenvalue weighted by Crippen LogP contribution is -2.05. The number of nitro benzene ring substituents is 1. The number of benzene rings is 2. The minimum absolute atomic E-state index is 0.0375. The smallest absolute Gasteiger partial charge is 0.271 e. The zero-order chi connectivity index (χ0) is 20.9. The second kappa shape index (κ2) is 8.49. The van der Waals surface area contributed by atoms with E-state index in [4.69, 9.17) is 9.47 Å². The van der Waals surface area contributed by atoms with Crippen molar-refractivity contribution < 1.29 is 14.4 Å². The van der Waals surface area contributed by atoms with Crippen molar-refractivity contribution in [2.45, 2.75) is 0 Å². The Morgan fingerprint density at radius 2 is 1.93 bits per heavy atom. The maximum Gasteiger partial charge on any atom is 0.271 e. The van der Waals surface area contributed by atoms with E-state index in [9.17, 15) is 10.1 Å². The highest BCUT2D eigenvalue weighted by molar-refractivity contribution is 5.79. The van der Waals surface area contributed by atoms with Gasteiger partial charge in [-0.1, -0.05) is 0 Å². The summed E-state index contributed by atoms with van der Waals surface area (Å²) in [6, 6.07) is 11.7. The minimum atomic E-state index is -0.459. The average molecular weight is 407 g/mol. The number of hydrogen-bond donors (Lipinski definition) is 1. The third-order valence-electron chi connectivity index (χ3n) is 4.18. The van der Waals surface area contributed by atoms with Gasteiger partial charge in [0.25, 0.3) is 5.69 Å². The fourth-order valence-corrected chi connectivity index (χ4v) is 2.74. The number of hydrogen-bond acceptors (Lipinski definition) is 9. The number of nitro groups is 1. The summed E-state index contributed by atoms with van der Waals surface area (Å²) in [5, 5.41) is 14.2. The first-order chi connectivity index (χ1) is 14.6. The fourth-order valence-electron chi connectivity index (χ4n) is 2.74. The van der Waals surface area contributed by atoms with Crippen LogP contribution >= 0.6 is 0 Å². The van der Waals surface area contributed by atoms with Gasteiger partial charge in [0, 0.05) is 24.9 Å². The molecule has 0 bridgehead atoms. The van der Waals surface area contributed by atoms with E-state index in [2.05, 4.69) is 25.3 Å². The van der Waals surface area contributed by atoms with Crippen LogP contribution in [-0.4, -0.2) is 49.7 Å². The Morgan fingerprint density at radius 1 is 1.10 bits per heavy atom. The van der Waals surface area contributed by atoms with E-state index in [-0.39, 0.29) is 11.6 Å². The summed E-state index contributed by atoms with van der Waals surface area (Å²) in [6.45, 7) is 0.983. The maximum atomic E-state index is 11.1. The Bertz CT molecular complexity index is 1180. The van der Waals surface area contributed by atoms with Crippen molar-refractivity contribution in [2.24, 2.45) is 0 Å². The molecule has 0 saturated heterocycles. The van der Waals surface area contributed by atoms with E-state index in [1.165, 1.54) is 24.8 Å². The predicted molar refractivity (Wildman–Crippen MR) is 108 cm³/mol. The van der Waals surface area contributed by atoms with Gasteiger partial charge in [-0.15, -0.1) is 0 Å². The molecule has 0 aliphatic rings. The number of nitrogens with zero attached hydrogens (tertiary/aromatic N) is 6. The lowest BCUT2D eigenvalue weighted by atomic mass is 10.3. The van der Waals surface area contributed by atoms with E-state index in [0.29, 0.717) is 30.2 Å². The van der Waals surface area contributed by atoms with Crippen molar-refractivity contribution in [3.05, 3.63) is 65.2 Å². The first kappa shape index (κ1) is 19.2. The number of rotatable bonds is 8. The van der Waals surface area contributed by atoms with Crippen LogP contribution in [0, 0.1) is 10.1 Å². The van der Waals surface area contributed by atoms with Crippen LogP contribution < -0.4 is 10.1 Å². The molecule has 0 aliphatic heterocycles. The summed E-state index contributed by atoms with van der Waals surface area (Å²) in [7, 11) is 1.62. The zero-order valence-electron chi connectivity index (χ0n) is 15.9. The number of aromatic nitrogens is 5. The molecule has 4 aromatic rings. The van der Waals surface area contributed by atoms with Crippen molar-refractivity contribution in [3.8, 4) is 11.7 Å². The third kappa shape index (κ3) is 4.15. The average Bonchev–Trinajstić information content (AvgIpc) is 3.19. The molecule has 0 amide bonds. The molecule has 30 heavy (non-hydrogen) atoms. The molecule has 0 radical (unpaired) electrons. The van der Waals surface area contributed by atoms with Gasteiger partial charge in [0.05, 0.1) is 22.6 Å². The lowest BCUT2D eigenvalue weighted by molar-refractivity contribution is -0.384. The summed E-state index contributed by atoms with van der Waals surface area (Å²) in [6.07, 6.45) is 2.87. The Balaban J connectivity index is 1.55.